The smallest absolute Gasteiger partial charge is 0.00548 e. The molecule has 0 nitrogen and oxygen atoms in total. The Morgan fingerprint density at radius 2 is 1.00 bits per heavy atom. The molecule has 0 unspecified atom stereocenters. The predicted octanol–water partition coefficient (Wildman–Crippen LogP) is 6.46. The zero-order valence-corrected chi connectivity index (χ0v) is 13.5. The van der Waals surface area contributed by atoms with Crippen molar-refractivity contribution in [2.45, 2.75) is 89.9 Å². The summed E-state index contributed by atoms with van der Waals surface area (Å²) in [4.78, 5) is 3.29. The standard InChI is InChI=1S/C18H28S/c1-13-17(15-9-5-3-6-10-15)18(14(2)19-13)16-11-7-4-8-12-16/h15-16H,3-12H2,1-2H3. The number of hydrogen-bond acceptors (Lipinski definition) is 1. The zero-order chi connectivity index (χ0) is 13.2. The van der Waals surface area contributed by atoms with Gasteiger partial charge in [0.2, 0.25) is 0 Å². The molecule has 0 bridgehead atoms. The molecule has 0 atom stereocenters. The summed E-state index contributed by atoms with van der Waals surface area (Å²) in [6.45, 7) is 4.77. The fraction of sp³-hybridized carbons (Fsp3) is 0.778. The van der Waals surface area contributed by atoms with Crippen LogP contribution in [0, 0.1) is 13.8 Å². The van der Waals surface area contributed by atoms with E-state index in [0.29, 0.717) is 0 Å². The lowest BCUT2D eigenvalue weighted by atomic mass is 9.76. The van der Waals surface area contributed by atoms with E-state index < -0.39 is 0 Å². The number of hydrogen-bond donors (Lipinski definition) is 0. The van der Waals surface area contributed by atoms with Crippen molar-refractivity contribution < 1.29 is 0 Å². The molecule has 2 aliphatic carbocycles. The third-order valence-corrected chi connectivity index (χ3v) is 6.43. The molecule has 1 heteroatoms. The maximum atomic E-state index is 2.38. The first-order valence-electron chi connectivity index (χ1n) is 8.37. The van der Waals surface area contributed by atoms with Gasteiger partial charge in [0.1, 0.15) is 0 Å². The van der Waals surface area contributed by atoms with Crippen molar-refractivity contribution in [2.75, 3.05) is 0 Å². The molecule has 1 aromatic heterocycles. The fourth-order valence-corrected chi connectivity index (χ4v) is 5.75. The summed E-state index contributed by atoms with van der Waals surface area (Å²) in [7, 11) is 0. The van der Waals surface area contributed by atoms with E-state index in [2.05, 4.69) is 25.2 Å². The van der Waals surface area contributed by atoms with Crippen LogP contribution in [0.4, 0.5) is 0 Å². The Hall–Kier alpha value is -0.300. The minimum Gasteiger partial charge on any atom is -0.145 e. The SMILES string of the molecule is Cc1sc(C)c(C2CCCCC2)c1C1CCCCC1. The van der Waals surface area contributed by atoms with Gasteiger partial charge in [-0.1, -0.05) is 38.5 Å². The molecular weight excluding hydrogens is 248 g/mol. The maximum Gasteiger partial charge on any atom is 0.00548 e. The van der Waals surface area contributed by atoms with Gasteiger partial charge in [-0.25, -0.2) is 0 Å². The van der Waals surface area contributed by atoms with Crippen LogP contribution in [0.2, 0.25) is 0 Å². The Bertz CT molecular complexity index is 379. The van der Waals surface area contributed by atoms with Crippen molar-refractivity contribution in [3.63, 3.8) is 0 Å². The van der Waals surface area contributed by atoms with E-state index >= 15 is 0 Å². The highest BCUT2D eigenvalue weighted by molar-refractivity contribution is 7.12. The van der Waals surface area contributed by atoms with Crippen molar-refractivity contribution in [3.8, 4) is 0 Å². The summed E-state index contributed by atoms with van der Waals surface area (Å²) < 4.78 is 0. The summed E-state index contributed by atoms with van der Waals surface area (Å²) in [5.74, 6) is 1.80. The number of rotatable bonds is 2. The van der Waals surface area contributed by atoms with Crippen LogP contribution in [0.3, 0.4) is 0 Å². The highest BCUT2D eigenvalue weighted by Gasteiger charge is 2.28. The Morgan fingerprint density at radius 3 is 1.37 bits per heavy atom. The van der Waals surface area contributed by atoms with Gasteiger partial charge in [0.25, 0.3) is 0 Å². The fourth-order valence-electron chi connectivity index (χ4n) is 4.52. The van der Waals surface area contributed by atoms with Crippen molar-refractivity contribution >= 4 is 11.3 Å². The van der Waals surface area contributed by atoms with Crippen molar-refractivity contribution in [3.05, 3.63) is 20.9 Å². The first kappa shape index (κ1) is 13.7. The first-order valence-corrected chi connectivity index (χ1v) is 9.19. The minimum absolute atomic E-state index is 0.899. The lowest BCUT2D eigenvalue weighted by Gasteiger charge is -2.28. The van der Waals surface area contributed by atoms with Crippen molar-refractivity contribution in [2.24, 2.45) is 0 Å². The molecule has 2 fully saturated rings. The first-order chi connectivity index (χ1) is 9.27. The molecule has 1 heterocycles. The molecule has 2 aliphatic rings. The maximum absolute atomic E-state index is 2.38. The van der Waals surface area contributed by atoms with E-state index in [1.807, 2.05) is 11.1 Å². The molecule has 1 aromatic rings. The Morgan fingerprint density at radius 1 is 0.632 bits per heavy atom. The summed E-state index contributed by atoms with van der Waals surface area (Å²) in [6, 6.07) is 0. The summed E-state index contributed by atoms with van der Waals surface area (Å²) >= 11 is 2.08. The van der Waals surface area contributed by atoms with Crippen LogP contribution in [-0.2, 0) is 0 Å². The van der Waals surface area contributed by atoms with Gasteiger partial charge in [0.05, 0.1) is 0 Å². The lowest BCUT2D eigenvalue weighted by Crippen LogP contribution is -2.12. The molecular formula is C18H28S. The largest absolute Gasteiger partial charge is 0.145 e. The normalized spacial score (nSPS) is 22.8. The summed E-state index contributed by atoms with van der Waals surface area (Å²) in [6.07, 6.45) is 14.6. The van der Waals surface area contributed by atoms with E-state index in [1.165, 1.54) is 64.2 Å². The molecule has 2 saturated carbocycles. The van der Waals surface area contributed by atoms with Gasteiger partial charge in [-0.05, 0) is 62.5 Å². The van der Waals surface area contributed by atoms with Gasteiger partial charge in [-0.15, -0.1) is 11.3 Å². The molecule has 3 rings (SSSR count). The second kappa shape index (κ2) is 5.99. The quantitative estimate of drug-likeness (QED) is 0.581. The average Bonchev–Trinajstić information content (AvgIpc) is 2.75. The van der Waals surface area contributed by atoms with E-state index in [1.54, 1.807) is 9.75 Å². The van der Waals surface area contributed by atoms with Crippen molar-refractivity contribution in [1.82, 2.24) is 0 Å². The number of thiophene rings is 1. The highest BCUT2D eigenvalue weighted by Crippen LogP contribution is 2.46. The topological polar surface area (TPSA) is 0 Å². The van der Waals surface area contributed by atoms with E-state index in [-0.39, 0.29) is 0 Å². The molecule has 106 valence electrons. The Kier molecular flexibility index (Phi) is 4.31. The van der Waals surface area contributed by atoms with Gasteiger partial charge in [0, 0.05) is 9.75 Å². The minimum atomic E-state index is 0.899. The van der Waals surface area contributed by atoms with Crippen LogP contribution in [0.1, 0.15) is 96.9 Å². The van der Waals surface area contributed by atoms with Crippen LogP contribution < -0.4 is 0 Å². The van der Waals surface area contributed by atoms with Gasteiger partial charge in [-0.3, -0.25) is 0 Å². The van der Waals surface area contributed by atoms with Gasteiger partial charge in [-0.2, -0.15) is 0 Å². The molecule has 0 N–H and O–H groups in total. The Labute approximate surface area is 122 Å². The highest BCUT2D eigenvalue weighted by atomic mass is 32.1. The summed E-state index contributed by atoms with van der Waals surface area (Å²) in [5, 5.41) is 0. The van der Waals surface area contributed by atoms with Crippen LogP contribution in [0.15, 0.2) is 0 Å². The number of aryl methyl sites for hydroxylation is 2. The van der Waals surface area contributed by atoms with Gasteiger partial charge >= 0.3 is 0 Å². The van der Waals surface area contributed by atoms with Gasteiger partial charge < -0.3 is 0 Å². The van der Waals surface area contributed by atoms with Crippen LogP contribution in [0.25, 0.3) is 0 Å². The molecule has 19 heavy (non-hydrogen) atoms. The molecule has 0 amide bonds. The molecule has 0 radical (unpaired) electrons. The van der Waals surface area contributed by atoms with E-state index in [9.17, 15) is 0 Å². The molecule has 0 spiro atoms. The molecule has 0 saturated heterocycles. The lowest BCUT2D eigenvalue weighted by molar-refractivity contribution is 0.419. The Balaban J connectivity index is 1.92. The predicted molar refractivity (Wildman–Crippen MR) is 85.4 cm³/mol. The van der Waals surface area contributed by atoms with Gasteiger partial charge in [0.15, 0.2) is 0 Å². The molecule has 0 aliphatic heterocycles. The molecule has 0 aromatic carbocycles. The zero-order valence-electron chi connectivity index (χ0n) is 12.6. The van der Waals surface area contributed by atoms with Crippen LogP contribution in [0.5, 0.6) is 0 Å². The monoisotopic (exact) mass is 276 g/mol. The second-order valence-electron chi connectivity index (χ2n) is 6.71. The third-order valence-electron chi connectivity index (χ3n) is 5.38. The van der Waals surface area contributed by atoms with Crippen LogP contribution in [-0.4, -0.2) is 0 Å². The third kappa shape index (κ3) is 2.77. The summed E-state index contributed by atoms with van der Waals surface area (Å²) in [5.41, 5.74) is 3.63. The van der Waals surface area contributed by atoms with E-state index in [4.69, 9.17) is 0 Å². The second-order valence-corrected chi connectivity index (χ2v) is 8.14. The van der Waals surface area contributed by atoms with Crippen LogP contribution >= 0.6 is 11.3 Å². The average molecular weight is 276 g/mol. The van der Waals surface area contributed by atoms with Crippen molar-refractivity contribution in [1.29, 1.82) is 0 Å². The van der Waals surface area contributed by atoms with E-state index in [0.717, 1.165) is 11.8 Å².